The summed E-state index contributed by atoms with van der Waals surface area (Å²) in [7, 11) is 1.56. The molecule has 1 aromatic carbocycles. The summed E-state index contributed by atoms with van der Waals surface area (Å²) in [5.41, 5.74) is 3.51. The van der Waals surface area contributed by atoms with Gasteiger partial charge in [-0.15, -0.1) is 0 Å². The fourth-order valence-corrected chi connectivity index (χ4v) is 3.49. The summed E-state index contributed by atoms with van der Waals surface area (Å²) < 4.78 is 5.17. The summed E-state index contributed by atoms with van der Waals surface area (Å²) in [6.07, 6.45) is 0.622. The molecule has 1 saturated heterocycles. The number of hydrogen-bond acceptors (Lipinski definition) is 4. The summed E-state index contributed by atoms with van der Waals surface area (Å²) in [5, 5.41) is 17.8. The van der Waals surface area contributed by atoms with Crippen LogP contribution in [0.25, 0.3) is 0 Å². The first kappa shape index (κ1) is 16.5. The van der Waals surface area contributed by atoms with Gasteiger partial charge in [-0.1, -0.05) is 12.1 Å². The number of benzene rings is 1. The van der Waals surface area contributed by atoms with Crippen LogP contribution in [-0.4, -0.2) is 39.8 Å². The minimum absolute atomic E-state index is 0.0310. The van der Waals surface area contributed by atoms with Crippen LogP contribution in [0.4, 0.5) is 0 Å². The van der Waals surface area contributed by atoms with Crippen molar-refractivity contribution in [3.05, 3.63) is 46.8 Å². The van der Waals surface area contributed by atoms with Crippen molar-refractivity contribution >= 4 is 5.91 Å². The van der Waals surface area contributed by atoms with Crippen molar-refractivity contribution < 1.29 is 14.6 Å². The number of aromatic nitrogens is 2. The fraction of sp³-hybridized carbons (Fsp3) is 0.444. The van der Waals surface area contributed by atoms with Crippen LogP contribution in [0.5, 0.6) is 5.75 Å². The van der Waals surface area contributed by atoms with Crippen LogP contribution in [0, 0.1) is 13.8 Å². The summed E-state index contributed by atoms with van der Waals surface area (Å²) in [5.74, 6) is 0.351. The molecule has 2 atom stereocenters. The number of rotatable bonds is 4. The monoisotopic (exact) mass is 329 g/mol. The quantitative estimate of drug-likeness (QED) is 0.903. The molecule has 1 fully saturated rings. The average molecular weight is 329 g/mol. The number of nitrogens with one attached hydrogen (secondary N) is 1. The van der Waals surface area contributed by atoms with E-state index in [0.29, 0.717) is 17.9 Å². The first-order valence-electron chi connectivity index (χ1n) is 8.17. The standard InChI is InChI=1S/C18H23N3O3/c1-11-16(12(2)20-19-11)15-8-5-9-21(15)18(23)17(22)13-6-4-7-14(10-13)24-3/h4,6-7,10,15,17,22H,5,8-9H2,1-3H3,(H,19,20). The molecule has 6 nitrogen and oxygen atoms in total. The topological polar surface area (TPSA) is 78.5 Å². The largest absolute Gasteiger partial charge is 0.497 e. The van der Waals surface area contributed by atoms with Gasteiger partial charge >= 0.3 is 0 Å². The van der Waals surface area contributed by atoms with Gasteiger partial charge < -0.3 is 14.7 Å². The Morgan fingerprint density at radius 1 is 1.46 bits per heavy atom. The molecular weight excluding hydrogens is 306 g/mol. The van der Waals surface area contributed by atoms with E-state index in [-0.39, 0.29) is 11.9 Å². The lowest BCUT2D eigenvalue weighted by Crippen LogP contribution is -2.35. The average Bonchev–Trinajstić information content (AvgIpc) is 3.19. The lowest BCUT2D eigenvalue weighted by Gasteiger charge is -2.27. The minimum atomic E-state index is -1.19. The van der Waals surface area contributed by atoms with Gasteiger partial charge in [0.1, 0.15) is 5.75 Å². The number of methoxy groups -OCH3 is 1. The number of nitrogens with zero attached hydrogens (tertiary/aromatic N) is 2. The first-order chi connectivity index (χ1) is 11.5. The van der Waals surface area contributed by atoms with Crippen LogP contribution in [0.1, 0.15) is 47.5 Å². The van der Waals surface area contributed by atoms with E-state index >= 15 is 0 Å². The predicted molar refractivity (Wildman–Crippen MR) is 89.7 cm³/mol. The second kappa shape index (κ2) is 6.65. The highest BCUT2D eigenvalue weighted by molar-refractivity contribution is 5.83. The van der Waals surface area contributed by atoms with Crippen LogP contribution in [0.2, 0.25) is 0 Å². The van der Waals surface area contributed by atoms with E-state index in [2.05, 4.69) is 10.2 Å². The maximum absolute atomic E-state index is 12.9. The number of carbonyl (C=O) groups is 1. The van der Waals surface area contributed by atoms with Crippen molar-refractivity contribution in [2.75, 3.05) is 13.7 Å². The zero-order valence-electron chi connectivity index (χ0n) is 14.2. The molecule has 0 spiro atoms. The molecule has 2 aromatic rings. The molecule has 3 rings (SSSR count). The van der Waals surface area contributed by atoms with E-state index in [0.717, 1.165) is 29.8 Å². The molecule has 1 aliphatic heterocycles. The van der Waals surface area contributed by atoms with Crippen molar-refractivity contribution in [3.63, 3.8) is 0 Å². The Morgan fingerprint density at radius 3 is 2.92 bits per heavy atom. The maximum atomic E-state index is 12.9. The number of hydrogen-bond donors (Lipinski definition) is 2. The number of amides is 1. The van der Waals surface area contributed by atoms with Gasteiger partial charge in [0.2, 0.25) is 0 Å². The van der Waals surface area contributed by atoms with Gasteiger partial charge in [0.05, 0.1) is 18.8 Å². The van der Waals surface area contributed by atoms with Crippen molar-refractivity contribution in [2.24, 2.45) is 0 Å². The van der Waals surface area contributed by atoms with Gasteiger partial charge in [-0.05, 0) is 44.4 Å². The van der Waals surface area contributed by atoms with E-state index in [1.54, 1.807) is 36.3 Å². The number of aryl methyl sites for hydroxylation is 2. The third-order valence-corrected chi connectivity index (χ3v) is 4.70. The van der Waals surface area contributed by atoms with E-state index in [1.165, 1.54) is 0 Å². The molecule has 24 heavy (non-hydrogen) atoms. The Balaban J connectivity index is 1.85. The predicted octanol–water partition coefficient (Wildman–Crippen LogP) is 2.43. The Bertz CT molecular complexity index is 721. The number of carbonyl (C=O) groups excluding carboxylic acids is 1. The van der Waals surface area contributed by atoms with Crippen LogP contribution >= 0.6 is 0 Å². The van der Waals surface area contributed by atoms with E-state index in [1.807, 2.05) is 13.8 Å². The fourth-order valence-electron chi connectivity index (χ4n) is 3.49. The maximum Gasteiger partial charge on any atom is 0.256 e. The summed E-state index contributed by atoms with van der Waals surface area (Å²) in [6.45, 7) is 4.56. The summed E-state index contributed by atoms with van der Waals surface area (Å²) in [6, 6.07) is 6.97. The molecule has 0 saturated carbocycles. The van der Waals surface area contributed by atoms with Gasteiger partial charge in [-0.2, -0.15) is 5.10 Å². The van der Waals surface area contributed by atoms with Gasteiger partial charge in [0.25, 0.3) is 5.91 Å². The van der Waals surface area contributed by atoms with Gasteiger partial charge in [-0.3, -0.25) is 9.89 Å². The highest BCUT2D eigenvalue weighted by atomic mass is 16.5. The normalized spacial score (nSPS) is 18.7. The van der Waals surface area contributed by atoms with Crippen molar-refractivity contribution in [3.8, 4) is 5.75 Å². The second-order valence-corrected chi connectivity index (χ2v) is 6.22. The molecule has 0 bridgehead atoms. The van der Waals surface area contributed by atoms with Crippen LogP contribution in [0.3, 0.4) is 0 Å². The SMILES string of the molecule is COc1cccc(C(O)C(=O)N2CCCC2c2c(C)n[nH]c2C)c1. The van der Waals surface area contributed by atoms with Gasteiger partial charge in [0, 0.05) is 17.8 Å². The number of aliphatic hydroxyl groups is 1. The van der Waals surface area contributed by atoms with Crippen LogP contribution < -0.4 is 4.74 Å². The van der Waals surface area contributed by atoms with Crippen molar-refractivity contribution in [2.45, 2.75) is 38.8 Å². The molecule has 6 heteroatoms. The molecule has 2 heterocycles. The Kier molecular flexibility index (Phi) is 4.57. The molecule has 0 aliphatic carbocycles. The van der Waals surface area contributed by atoms with E-state index < -0.39 is 6.10 Å². The summed E-state index contributed by atoms with van der Waals surface area (Å²) >= 11 is 0. The smallest absolute Gasteiger partial charge is 0.256 e. The van der Waals surface area contributed by atoms with E-state index in [9.17, 15) is 9.90 Å². The number of ether oxygens (including phenoxy) is 1. The Hall–Kier alpha value is -2.34. The molecule has 0 radical (unpaired) electrons. The third kappa shape index (κ3) is 2.89. The number of likely N-dealkylation sites (tertiary alicyclic amines) is 1. The highest BCUT2D eigenvalue weighted by Crippen LogP contribution is 2.36. The molecule has 128 valence electrons. The molecule has 1 aliphatic rings. The van der Waals surface area contributed by atoms with Gasteiger partial charge in [0.15, 0.2) is 6.10 Å². The van der Waals surface area contributed by atoms with Crippen LogP contribution in [-0.2, 0) is 4.79 Å². The van der Waals surface area contributed by atoms with E-state index in [4.69, 9.17) is 4.74 Å². The summed E-state index contributed by atoms with van der Waals surface area (Å²) in [4.78, 5) is 14.7. The molecular formula is C18H23N3O3. The second-order valence-electron chi connectivity index (χ2n) is 6.22. The van der Waals surface area contributed by atoms with Crippen molar-refractivity contribution in [1.82, 2.24) is 15.1 Å². The minimum Gasteiger partial charge on any atom is -0.497 e. The number of H-pyrrole nitrogens is 1. The highest BCUT2D eigenvalue weighted by Gasteiger charge is 2.36. The molecule has 2 N–H and O–H groups in total. The number of aliphatic hydroxyl groups excluding tert-OH is 1. The lowest BCUT2D eigenvalue weighted by atomic mass is 10.0. The van der Waals surface area contributed by atoms with Crippen LogP contribution in [0.15, 0.2) is 24.3 Å². The lowest BCUT2D eigenvalue weighted by molar-refractivity contribution is -0.141. The molecule has 1 aromatic heterocycles. The number of aromatic amines is 1. The third-order valence-electron chi connectivity index (χ3n) is 4.70. The van der Waals surface area contributed by atoms with Crippen molar-refractivity contribution in [1.29, 1.82) is 0 Å². The zero-order chi connectivity index (χ0) is 17.3. The molecule has 1 amide bonds. The molecule has 2 unspecified atom stereocenters. The first-order valence-corrected chi connectivity index (χ1v) is 8.17. The Labute approximate surface area is 141 Å². The van der Waals surface area contributed by atoms with Gasteiger partial charge in [-0.25, -0.2) is 0 Å². The zero-order valence-corrected chi connectivity index (χ0v) is 14.2. The Morgan fingerprint density at radius 2 is 2.25 bits per heavy atom.